The molecule has 0 saturated carbocycles. The van der Waals surface area contributed by atoms with Crippen LogP contribution in [0.15, 0.2) is 0 Å². The van der Waals surface area contributed by atoms with E-state index >= 15 is 0 Å². The van der Waals surface area contributed by atoms with Gasteiger partial charge in [-0.15, -0.1) is 0 Å². The van der Waals surface area contributed by atoms with E-state index in [0.717, 1.165) is 0 Å². The first-order valence-corrected chi connectivity index (χ1v) is 23.5. The fourth-order valence-electron chi connectivity index (χ4n) is 6.83. The van der Waals surface area contributed by atoms with E-state index in [-0.39, 0.29) is 23.1 Å². The van der Waals surface area contributed by atoms with Crippen molar-refractivity contribution in [3.8, 4) is 0 Å². The summed E-state index contributed by atoms with van der Waals surface area (Å²) in [5, 5.41) is 13.2. The van der Waals surface area contributed by atoms with Gasteiger partial charge in [0.2, 0.25) is 0 Å². The second-order valence-electron chi connectivity index (χ2n) is 12.6. The van der Waals surface area contributed by atoms with Gasteiger partial charge in [-0.3, -0.25) is 0 Å². The van der Waals surface area contributed by atoms with Gasteiger partial charge in [0.15, 0.2) is 0 Å². The fraction of sp³-hybridized carbons (Fsp3) is 1.00. The minimum Gasteiger partial charge on any atom is -0.191 e. The van der Waals surface area contributed by atoms with Crippen LogP contribution in [0.4, 0.5) is 0 Å². The summed E-state index contributed by atoms with van der Waals surface area (Å²) in [4.78, 5) is 0. The van der Waals surface area contributed by atoms with Gasteiger partial charge in [0.05, 0.1) is 0 Å². The molecule has 0 bridgehead atoms. The van der Waals surface area contributed by atoms with Crippen LogP contribution in [0, 0.1) is 0 Å². The predicted molar refractivity (Wildman–Crippen MR) is 175 cm³/mol. The van der Waals surface area contributed by atoms with Gasteiger partial charge in [-0.25, -0.2) is 0 Å². The predicted octanol–water partition coefficient (Wildman–Crippen LogP) is 12.9. The normalized spacial score (nSPS) is 11.7. The van der Waals surface area contributed by atoms with Gasteiger partial charge in [-0.2, -0.15) is 42.3 Å². The molecule has 0 aliphatic heterocycles. The standard InChI is InChI=1S/8C4H9.2Al.Mg/c8*1-3-4-2;;;/h8*1,3-4H2,2H3;;;/q;;;;;;;;2*-1;+2. The zero-order valence-corrected chi connectivity index (χ0v) is 30.6. The van der Waals surface area contributed by atoms with Crippen molar-refractivity contribution in [2.75, 3.05) is 0 Å². The summed E-state index contributed by atoms with van der Waals surface area (Å²) in [7, 11) is 0. The van der Waals surface area contributed by atoms with Crippen molar-refractivity contribution in [3.63, 3.8) is 0 Å². The van der Waals surface area contributed by atoms with Crippen molar-refractivity contribution in [1.29, 1.82) is 0 Å². The topological polar surface area (TPSA) is 0 Å². The van der Waals surface area contributed by atoms with Crippen LogP contribution < -0.4 is 0 Å². The third kappa shape index (κ3) is 23.4. The number of rotatable bonds is 24. The molecule has 0 aromatic carbocycles. The third-order valence-electron chi connectivity index (χ3n) is 9.36. The van der Waals surface area contributed by atoms with Gasteiger partial charge in [0, 0.05) is 0 Å². The maximum absolute atomic E-state index is 2.36. The minimum atomic E-state index is -1.20. The molecule has 0 saturated heterocycles. The van der Waals surface area contributed by atoms with Gasteiger partial charge in [0.25, 0.3) is 0 Å². The van der Waals surface area contributed by atoms with Crippen LogP contribution in [0.3, 0.4) is 0 Å². The molecule has 0 aliphatic carbocycles. The van der Waals surface area contributed by atoms with Crippen molar-refractivity contribution >= 4 is 49.2 Å². The zero-order chi connectivity index (χ0) is 26.0. The van der Waals surface area contributed by atoms with Crippen molar-refractivity contribution < 1.29 is 0 Å². The molecular formula is C32H72Al2Mg. The largest absolute Gasteiger partial charge is 2.00 e. The Bertz CT molecular complexity index is 275. The van der Waals surface area contributed by atoms with Crippen molar-refractivity contribution in [1.82, 2.24) is 0 Å². The molecule has 0 fully saturated rings. The SMILES string of the molecule is CCC[CH2][Al-]([CH2]CCC)([CH2]CCC)[CH2]CCC.CCC[CH2][Al-]([CH2]CCC)([CH2]CCC)[CH2]CCC.[Mg+2]. The van der Waals surface area contributed by atoms with Crippen LogP contribution in [0.25, 0.3) is 0 Å². The summed E-state index contributed by atoms with van der Waals surface area (Å²) in [5.41, 5.74) is 0. The molecule has 0 spiro atoms. The molecule has 0 N–H and O–H groups in total. The van der Waals surface area contributed by atoms with Crippen LogP contribution in [-0.2, 0) is 0 Å². The summed E-state index contributed by atoms with van der Waals surface area (Å²) >= 11 is -2.39. The smallest absolute Gasteiger partial charge is 0.191 e. The Labute approximate surface area is 247 Å². The average molecular weight is 535 g/mol. The van der Waals surface area contributed by atoms with Crippen LogP contribution in [0.1, 0.15) is 158 Å². The molecule has 0 radical (unpaired) electrons. The van der Waals surface area contributed by atoms with Crippen LogP contribution >= 0.6 is 0 Å². The third-order valence-corrected chi connectivity index (χ3v) is 22.4. The number of hydrogen-bond donors (Lipinski definition) is 0. The monoisotopic (exact) mass is 535 g/mol. The Kier molecular flexibility index (Phi) is 35.9. The second kappa shape index (κ2) is 30.4. The molecule has 0 aliphatic rings. The van der Waals surface area contributed by atoms with Crippen molar-refractivity contribution in [2.24, 2.45) is 0 Å². The fourth-order valence-corrected chi connectivity index (χ4v) is 20.5. The average Bonchev–Trinajstić information content (AvgIpc) is 2.87. The van der Waals surface area contributed by atoms with E-state index < -0.39 is 26.2 Å². The van der Waals surface area contributed by atoms with E-state index in [4.69, 9.17) is 0 Å². The Morgan fingerprint density at radius 2 is 0.371 bits per heavy atom. The van der Waals surface area contributed by atoms with Crippen LogP contribution in [-0.4, -0.2) is 49.2 Å². The van der Waals surface area contributed by atoms with E-state index in [2.05, 4.69) is 55.4 Å². The first kappa shape index (κ1) is 41.3. The molecule has 0 nitrogen and oxygen atoms in total. The number of hydrogen-bond acceptors (Lipinski definition) is 0. The Morgan fingerprint density at radius 3 is 0.457 bits per heavy atom. The molecule has 0 rings (SSSR count). The molecule has 208 valence electrons. The second-order valence-corrected chi connectivity index (χ2v) is 24.1. The summed E-state index contributed by atoms with van der Waals surface area (Å²) in [6.07, 6.45) is 23.4. The Morgan fingerprint density at radius 1 is 0.257 bits per heavy atom. The maximum atomic E-state index is 2.36. The number of unbranched alkanes of at least 4 members (excludes halogenated alkanes) is 8. The van der Waals surface area contributed by atoms with E-state index in [0.29, 0.717) is 0 Å². The van der Waals surface area contributed by atoms with Crippen LogP contribution in [0.2, 0.25) is 42.3 Å². The molecule has 0 aromatic rings. The van der Waals surface area contributed by atoms with Gasteiger partial charge < -0.3 is 0 Å². The van der Waals surface area contributed by atoms with Crippen molar-refractivity contribution in [2.45, 2.75) is 200 Å². The summed E-state index contributed by atoms with van der Waals surface area (Å²) in [6.45, 7) is 18.9. The van der Waals surface area contributed by atoms with E-state index in [1.165, 1.54) is 103 Å². The Balaban J connectivity index is -0.000000569. The molecule has 0 aromatic heterocycles. The molecule has 0 heterocycles. The summed E-state index contributed by atoms with van der Waals surface area (Å²) < 4.78 is 0. The zero-order valence-electron chi connectivity index (χ0n) is 26.8. The van der Waals surface area contributed by atoms with Gasteiger partial charge in [-0.05, 0) is 0 Å². The maximum Gasteiger partial charge on any atom is 2.00 e. The summed E-state index contributed by atoms with van der Waals surface area (Å²) in [6, 6.07) is 0. The quantitative estimate of drug-likeness (QED) is 0.108. The molecular weight excluding hydrogens is 463 g/mol. The van der Waals surface area contributed by atoms with Gasteiger partial charge in [0.1, 0.15) is 26.2 Å². The minimum absolute atomic E-state index is 0. The van der Waals surface area contributed by atoms with Gasteiger partial charge >= 0.3 is 23.1 Å². The van der Waals surface area contributed by atoms with E-state index in [1.807, 2.05) is 0 Å². The molecule has 35 heavy (non-hydrogen) atoms. The summed E-state index contributed by atoms with van der Waals surface area (Å²) in [5.74, 6) is 0. The molecule has 0 amide bonds. The van der Waals surface area contributed by atoms with Crippen LogP contribution in [0.5, 0.6) is 0 Å². The first-order chi connectivity index (χ1) is 16.5. The first-order valence-electron chi connectivity index (χ1n) is 16.9. The molecule has 0 atom stereocenters. The Hall–Kier alpha value is 1.83. The van der Waals surface area contributed by atoms with E-state index in [1.54, 1.807) is 42.3 Å². The van der Waals surface area contributed by atoms with Crippen molar-refractivity contribution in [3.05, 3.63) is 0 Å². The van der Waals surface area contributed by atoms with Gasteiger partial charge in [-0.1, -0.05) is 158 Å². The van der Waals surface area contributed by atoms with E-state index in [9.17, 15) is 0 Å². The molecule has 3 heteroatoms. The molecule has 0 unspecified atom stereocenters.